The summed E-state index contributed by atoms with van der Waals surface area (Å²) in [5.41, 5.74) is 0. The first-order valence-electron chi connectivity index (χ1n) is 7.69. The normalized spacial score (nSPS) is 30.2. The van der Waals surface area contributed by atoms with E-state index in [0.29, 0.717) is 0 Å². The van der Waals surface area contributed by atoms with Crippen molar-refractivity contribution in [1.82, 2.24) is 19.6 Å². The van der Waals surface area contributed by atoms with Gasteiger partial charge in [-0.05, 0) is 0 Å². The molecule has 2 heterocycles. The van der Waals surface area contributed by atoms with Crippen molar-refractivity contribution in [2.75, 3.05) is 47.2 Å². The molecule has 12 heteroatoms. The van der Waals surface area contributed by atoms with E-state index in [1.807, 2.05) is 0 Å². The van der Waals surface area contributed by atoms with Crippen LogP contribution in [0.25, 0.3) is 0 Å². The van der Waals surface area contributed by atoms with Crippen LogP contribution in [0.1, 0.15) is 0 Å². The highest BCUT2D eigenvalue weighted by atomic mass is 16.5. The number of hydrogen-bond donors (Lipinski definition) is 4. The molecule has 4 atom stereocenters. The molecule has 144 valence electrons. The largest absolute Gasteiger partial charge is 0.383 e. The summed E-state index contributed by atoms with van der Waals surface area (Å²) in [6.45, 7) is -0.107. The number of methoxy groups -OCH3 is 2. The van der Waals surface area contributed by atoms with Gasteiger partial charge in [-0.25, -0.2) is 9.59 Å². The van der Waals surface area contributed by atoms with E-state index in [0.717, 1.165) is 19.6 Å². The molecule has 0 radical (unpaired) electrons. The quantitative estimate of drug-likeness (QED) is 0.356. The number of aliphatic hydroxyl groups excluding tert-OH is 4. The third-order valence-corrected chi connectivity index (χ3v) is 4.17. The maximum Gasteiger partial charge on any atom is 0.325 e. The average Bonchev–Trinajstić information content (AvgIpc) is 2.91. The van der Waals surface area contributed by atoms with Crippen molar-refractivity contribution in [2.24, 2.45) is 0 Å². The predicted octanol–water partition coefficient (Wildman–Crippen LogP) is -3.01. The van der Waals surface area contributed by atoms with Crippen LogP contribution in [0.4, 0.5) is 9.59 Å². The number of amides is 4. The van der Waals surface area contributed by atoms with Crippen LogP contribution >= 0.6 is 0 Å². The molecule has 12 nitrogen and oxygen atoms in total. The molecule has 2 aliphatic heterocycles. The van der Waals surface area contributed by atoms with Crippen molar-refractivity contribution in [3.05, 3.63) is 0 Å². The van der Waals surface area contributed by atoms with Crippen LogP contribution in [0.2, 0.25) is 0 Å². The summed E-state index contributed by atoms with van der Waals surface area (Å²) in [7, 11) is 2.85. The Balaban J connectivity index is 2.07. The van der Waals surface area contributed by atoms with Gasteiger partial charge in [0, 0.05) is 27.3 Å². The fourth-order valence-corrected chi connectivity index (χ4v) is 2.71. The van der Waals surface area contributed by atoms with Gasteiger partial charge >= 0.3 is 12.1 Å². The van der Waals surface area contributed by atoms with Crippen LogP contribution in [0.3, 0.4) is 0 Å². The standard InChI is InChI=1S/C13H24N4O8/c1-24-5-3-14-8(18)10(20)16(12(14)22)7-17-11(21)9(19)15(13(17)23)4-6-25-2/h8-11,18-21H,3-7H2,1-2H3. The van der Waals surface area contributed by atoms with E-state index in [4.69, 9.17) is 9.47 Å². The summed E-state index contributed by atoms with van der Waals surface area (Å²) >= 11 is 0. The zero-order chi connectivity index (χ0) is 18.7. The van der Waals surface area contributed by atoms with Crippen LogP contribution in [-0.2, 0) is 9.47 Å². The zero-order valence-electron chi connectivity index (χ0n) is 14.1. The molecule has 2 rings (SSSR count). The summed E-state index contributed by atoms with van der Waals surface area (Å²) in [6.07, 6.45) is -6.16. The number of urea groups is 2. The topological polar surface area (TPSA) is 146 Å². The van der Waals surface area contributed by atoms with E-state index in [9.17, 15) is 30.0 Å². The fourth-order valence-electron chi connectivity index (χ4n) is 2.71. The first-order chi connectivity index (χ1) is 11.8. The second kappa shape index (κ2) is 8.12. The third-order valence-electron chi connectivity index (χ3n) is 4.17. The molecule has 4 unspecified atom stereocenters. The van der Waals surface area contributed by atoms with Gasteiger partial charge in [0.1, 0.15) is 6.67 Å². The molecule has 0 spiro atoms. The van der Waals surface area contributed by atoms with Gasteiger partial charge in [-0.3, -0.25) is 19.6 Å². The molecule has 0 saturated carbocycles. The Bertz CT molecular complexity index is 453. The third kappa shape index (κ3) is 3.63. The second-order valence-corrected chi connectivity index (χ2v) is 5.67. The first-order valence-corrected chi connectivity index (χ1v) is 7.69. The molecular weight excluding hydrogens is 340 g/mol. The SMILES string of the molecule is COCCN1C(=O)N(CN2C(=O)N(CCOC)C(O)C2O)C(O)C1O. The van der Waals surface area contributed by atoms with Gasteiger partial charge in [-0.2, -0.15) is 0 Å². The molecule has 0 aromatic heterocycles. The lowest BCUT2D eigenvalue weighted by Crippen LogP contribution is -2.48. The van der Waals surface area contributed by atoms with Crippen molar-refractivity contribution in [2.45, 2.75) is 24.9 Å². The molecule has 0 bridgehead atoms. The van der Waals surface area contributed by atoms with Crippen molar-refractivity contribution < 1.29 is 39.5 Å². The van der Waals surface area contributed by atoms with E-state index in [1.165, 1.54) is 14.2 Å². The molecule has 2 aliphatic rings. The maximum absolute atomic E-state index is 12.3. The molecular formula is C13H24N4O8. The van der Waals surface area contributed by atoms with Crippen molar-refractivity contribution >= 4 is 12.1 Å². The number of rotatable bonds is 8. The lowest BCUT2D eigenvalue weighted by atomic mass is 10.4. The summed E-state index contributed by atoms with van der Waals surface area (Å²) < 4.78 is 9.69. The Morgan fingerprint density at radius 1 is 0.720 bits per heavy atom. The summed E-state index contributed by atoms with van der Waals surface area (Å²) in [5.74, 6) is 0. The van der Waals surface area contributed by atoms with Gasteiger partial charge in [-0.1, -0.05) is 0 Å². The van der Waals surface area contributed by atoms with Crippen LogP contribution in [0, 0.1) is 0 Å². The highest BCUT2D eigenvalue weighted by Crippen LogP contribution is 2.25. The van der Waals surface area contributed by atoms with Crippen molar-refractivity contribution in [3.8, 4) is 0 Å². The van der Waals surface area contributed by atoms with Crippen LogP contribution in [0.15, 0.2) is 0 Å². The van der Waals surface area contributed by atoms with E-state index >= 15 is 0 Å². The van der Waals surface area contributed by atoms with Crippen LogP contribution < -0.4 is 0 Å². The molecule has 25 heavy (non-hydrogen) atoms. The number of carbonyl (C=O) groups is 2. The Labute approximate surface area is 144 Å². The van der Waals surface area contributed by atoms with Crippen LogP contribution in [-0.4, -0.2) is 124 Å². The number of carbonyl (C=O) groups excluding carboxylic acids is 2. The Kier molecular flexibility index (Phi) is 6.37. The molecule has 0 aromatic rings. The lowest BCUT2D eigenvalue weighted by Gasteiger charge is -2.27. The Morgan fingerprint density at radius 2 is 1.04 bits per heavy atom. The van der Waals surface area contributed by atoms with Crippen LogP contribution in [0.5, 0.6) is 0 Å². The van der Waals surface area contributed by atoms with Gasteiger partial charge < -0.3 is 29.9 Å². The molecule has 0 aliphatic carbocycles. The number of nitrogens with zero attached hydrogens (tertiary/aromatic N) is 4. The van der Waals surface area contributed by atoms with Crippen molar-refractivity contribution in [3.63, 3.8) is 0 Å². The van der Waals surface area contributed by atoms with E-state index < -0.39 is 43.6 Å². The van der Waals surface area contributed by atoms with E-state index in [-0.39, 0.29) is 26.3 Å². The Hall–Kier alpha value is -1.70. The minimum atomic E-state index is -1.59. The summed E-state index contributed by atoms with van der Waals surface area (Å²) in [5, 5.41) is 40.1. The lowest BCUT2D eigenvalue weighted by molar-refractivity contribution is -0.0994. The zero-order valence-corrected chi connectivity index (χ0v) is 14.1. The highest BCUT2D eigenvalue weighted by Gasteiger charge is 2.49. The number of aliphatic hydroxyl groups is 4. The van der Waals surface area contributed by atoms with Gasteiger partial charge in [-0.15, -0.1) is 0 Å². The smallest absolute Gasteiger partial charge is 0.325 e. The molecule has 2 fully saturated rings. The Morgan fingerprint density at radius 3 is 1.36 bits per heavy atom. The number of ether oxygens (including phenoxy) is 2. The fraction of sp³-hybridized carbons (Fsp3) is 0.846. The molecule has 2 saturated heterocycles. The molecule has 4 N–H and O–H groups in total. The maximum atomic E-state index is 12.3. The monoisotopic (exact) mass is 364 g/mol. The average molecular weight is 364 g/mol. The van der Waals surface area contributed by atoms with Gasteiger partial charge in [0.15, 0.2) is 24.9 Å². The minimum absolute atomic E-state index is 0.0448. The molecule has 4 amide bonds. The molecule has 0 aromatic carbocycles. The highest BCUT2D eigenvalue weighted by molar-refractivity contribution is 5.80. The number of hydrogen-bond acceptors (Lipinski definition) is 8. The van der Waals surface area contributed by atoms with Gasteiger partial charge in [0.2, 0.25) is 0 Å². The van der Waals surface area contributed by atoms with Gasteiger partial charge in [0.05, 0.1) is 13.2 Å². The van der Waals surface area contributed by atoms with E-state index in [1.54, 1.807) is 0 Å². The van der Waals surface area contributed by atoms with Crippen molar-refractivity contribution in [1.29, 1.82) is 0 Å². The summed E-state index contributed by atoms with van der Waals surface area (Å²) in [6, 6.07) is -1.44. The minimum Gasteiger partial charge on any atom is -0.383 e. The predicted molar refractivity (Wildman–Crippen MR) is 80.5 cm³/mol. The van der Waals surface area contributed by atoms with E-state index in [2.05, 4.69) is 0 Å². The van der Waals surface area contributed by atoms with Gasteiger partial charge in [0.25, 0.3) is 0 Å². The second-order valence-electron chi connectivity index (χ2n) is 5.67. The summed E-state index contributed by atoms with van der Waals surface area (Å²) in [4.78, 5) is 28.3. The first kappa shape index (κ1) is 19.6.